The Kier molecular flexibility index (Phi) is 3.22. The maximum Gasteiger partial charge on any atom is 0.133 e. The van der Waals surface area contributed by atoms with Crippen LogP contribution in [0.15, 0.2) is 27.8 Å². The summed E-state index contributed by atoms with van der Waals surface area (Å²) in [6, 6.07) is 4.82. The largest absolute Gasteiger partial charge is 0.313 e. The molecule has 0 fully saturated rings. The van der Waals surface area contributed by atoms with E-state index in [4.69, 9.17) is 0 Å². The van der Waals surface area contributed by atoms with E-state index in [9.17, 15) is 4.39 Å². The van der Waals surface area contributed by atoms with Crippen molar-refractivity contribution in [1.29, 1.82) is 0 Å². The smallest absolute Gasteiger partial charge is 0.133 e. The Bertz CT molecular complexity index is 299. The molecule has 0 bridgehead atoms. The topological polar surface area (TPSA) is 24.4 Å². The molecule has 4 heteroatoms. The predicted molar refractivity (Wildman–Crippen MR) is 50.8 cm³/mol. The van der Waals surface area contributed by atoms with Crippen molar-refractivity contribution in [1.82, 2.24) is 5.43 Å². The highest BCUT2D eigenvalue weighted by molar-refractivity contribution is 9.10. The first-order chi connectivity index (χ1) is 5.74. The van der Waals surface area contributed by atoms with E-state index < -0.39 is 0 Å². The molecule has 0 atom stereocenters. The van der Waals surface area contributed by atoms with Crippen LogP contribution in [-0.4, -0.2) is 13.3 Å². The second-order valence-corrected chi connectivity index (χ2v) is 3.06. The molecule has 12 heavy (non-hydrogen) atoms. The number of hydrogen-bond acceptors (Lipinski definition) is 2. The van der Waals surface area contributed by atoms with Gasteiger partial charge in [-0.3, -0.25) is 0 Å². The molecule has 0 unspecified atom stereocenters. The first kappa shape index (κ1) is 9.19. The highest BCUT2D eigenvalue weighted by atomic mass is 79.9. The van der Waals surface area contributed by atoms with E-state index >= 15 is 0 Å². The summed E-state index contributed by atoms with van der Waals surface area (Å²) in [6.07, 6.45) is 1.43. The summed E-state index contributed by atoms with van der Waals surface area (Å²) in [5.74, 6) is -0.289. The molecule has 2 nitrogen and oxygen atoms in total. The minimum Gasteiger partial charge on any atom is -0.313 e. The second-order valence-electron chi connectivity index (χ2n) is 2.15. The molecule has 1 rings (SSSR count). The van der Waals surface area contributed by atoms with E-state index in [-0.39, 0.29) is 5.82 Å². The standard InChI is InChI=1S/C8H8BrFN2/c1-11-12-5-6-2-3-7(9)4-8(6)10/h2-5,11H,1H3/b12-5+. The highest BCUT2D eigenvalue weighted by Gasteiger charge is 1.98. The second kappa shape index (κ2) is 4.21. The SMILES string of the molecule is CN/N=C/c1ccc(Br)cc1F. The van der Waals surface area contributed by atoms with Gasteiger partial charge in [-0.15, -0.1) is 0 Å². The molecule has 64 valence electrons. The van der Waals surface area contributed by atoms with Crippen LogP contribution in [0.4, 0.5) is 4.39 Å². The highest BCUT2D eigenvalue weighted by Crippen LogP contribution is 2.13. The van der Waals surface area contributed by atoms with Gasteiger partial charge in [-0.2, -0.15) is 5.10 Å². The van der Waals surface area contributed by atoms with E-state index in [0.29, 0.717) is 5.56 Å². The zero-order valence-corrected chi connectivity index (χ0v) is 8.10. The number of nitrogens with zero attached hydrogens (tertiary/aromatic N) is 1. The van der Waals surface area contributed by atoms with Gasteiger partial charge in [0.15, 0.2) is 0 Å². The molecule has 0 radical (unpaired) electrons. The fourth-order valence-corrected chi connectivity index (χ4v) is 1.07. The quantitative estimate of drug-likeness (QED) is 0.612. The van der Waals surface area contributed by atoms with Crippen LogP contribution in [0, 0.1) is 5.82 Å². The Hall–Kier alpha value is -0.900. The first-order valence-electron chi connectivity index (χ1n) is 3.39. The van der Waals surface area contributed by atoms with Crippen molar-refractivity contribution in [2.45, 2.75) is 0 Å². The third-order valence-corrected chi connectivity index (χ3v) is 1.79. The Morgan fingerprint density at radius 3 is 2.92 bits per heavy atom. The molecular weight excluding hydrogens is 223 g/mol. The number of benzene rings is 1. The predicted octanol–water partition coefficient (Wildman–Crippen LogP) is 2.14. The van der Waals surface area contributed by atoms with Crippen molar-refractivity contribution in [2.24, 2.45) is 5.10 Å². The molecule has 0 saturated heterocycles. The van der Waals surface area contributed by atoms with Gasteiger partial charge in [-0.05, 0) is 18.2 Å². The van der Waals surface area contributed by atoms with Crippen molar-refractivity contribution < 1.29 is 4.39 Å². The fourth-order valence-electron chi connectivity index (χ4n) is 0.740. The summed E-state index contributed by atoms with van der Waals surface area (Å²) in [5.41, 5.74) is 3.01. The van der Waals surface area contributed by atoms with Gasteiger partial charge in [0.25, 0.3) is 0 Å². The van der Waals surface area contributed by atoms with Crippen molar-refractivity contribution in [3.8, 4) is 0 Å². The molecule has 1 aromatic rings. The van der Waals surface area contributed by atoms with Crippen LogP contribution < -0.4 is 5.43 Å². The Morgan fingerprint density at radius 1 is 1.58 bits per heavy atom. The molecule has 0 amide bonds. The maximum absolute atomic E-state index is 13.0. The average Bonchev–Trinajstić information content (AvgIpc) is 2.03. The number of rotatable bonds is 2. The molecular formula is C8H8BrFN2. The first-order valence-corrected chi connectivity index (χ1v) is 4.18. The van der Waals surface area contributed by atoms with Gasteiger partial charge in [-0.25, -0.2) is 4.39 Å². The summed E-state index contributed by atoms with van der Waals surface area (Å²) in [5, 5.41) is 3.70. The van der Waals surface area contributed by atoms with Gasteiger partial charge in [0.2, 0.25) is 0 Å². The van der Waals surface area contributed by atoms with E-state index in [2.05, 4.69) is 26.5 Å². The van der Waals surface area contributed by atoms with E-state index in [0.717, 1.165) is 4.47 Å². The fraction of sp³-hybridized carbons (Fsp3) is 0.125. The van der Waals surface area contributed by atoms with Crippen LogP contribution in [0.5, 0.6) is 0 Å². The average molecular weight is 231 g/mol. The Morgan fingerprint density at radius 2 is 2.33 bits per heavy atom. The number of hydrazone groups is 1. The molecule has 0 aliphatic rings. The lowest BCUT2D eigenvalue weighted by molar-refractivity contribution is 0.625. The summed E-state index contributed by atoms with van der Waals surface area (Å²) < 4.78 is 13.7. The Balaban J connectivity index is 2.94. The molecule has 0 heterocycles. The Labute approximate surface area is 78.6 Å². The molecule has 0 saturated carbocycles. The zero-order chi connectivity index (χ0) is 8.97. The van der Waals surface area contributed by atoms with Crippen LogP contribution in [0.2, 0.25) is 0 Å². The monoisotopic (exact) mass is 230 g/mol. The van der Waals surface area contributed by atoms with Gasteiger partial charge in [-0.1, -0.05) is 15.9 Å². The van der Waals surface area contributed by atoms with Crippen LogP contribution in [0.25, 0.3) is 0 Å². The van der Waals surface area contributed by atoms with Crippen LogP contribution in [0.3, 0.4) is 0 Å². The summed E-state index contributed by atoms with van der Waals surface area (Å²) in [7, 11) is 1.66. The minimum absolute atomic E-state index is 0.289. The minimum atomic E-state index is -0.289. The molecule has 1 N–H and O–H groups in total. The summed E-state index contributed by atoms with van der Waals surface area (Å²) >= 11 is 3.16. The van der Waals surface area contributed by atoms with Gasteiger partial charge < -0.3 is 5.43 Å². The molecule has 1 aromatic carbocycles. The molecule has 0 aromatic heterocycles. The molecule has 0 spiro atoms. The van der Waals surface area contributed by atoms with Crippen molar-refractivity contribution >= 4 is 22.1 Å². The maximum atomic E-state index is 13.0. The third kappa shape index (κ3) is 2.30. The summed E-state index contributed by atoms with van der Waals surface area (Å²) in [6.45, 7) is 0. The normalized spacial score (nSPS) is 10.6. The van der Waals surface area contributed by atoms with Crippen molar-refractivity contribution in [3.05, 3.63) is 34.1 Å². The van der Waals surface area contributed by atoms with E-state index in [1.54, 1.807) is 19.2 Å². The van der Waals surface area contributed by atoms with Crippen LogP contribution in [-0.2, 0) is 0 Å². The van der Waals surface area contributed by atoms with Crippen molar-refractivity contribution in [2.75, 3.05) is 7.05 Å². The number of nitrogens with one attached hydrogen (secondary N) is 1. The van der Waals surface area contributed by atoms with E-state index in [1.807, 2.05) is 0 Å². The van der Waals surface area contributed by atoms with Gasteiger partial charge in [0, 0.05) is 17.1 Å². The van der Waals surface area contributed by atoms with E-state index in [1.165, 1.54) is 12.3 Å². The van der Waals surface area contributed by atoms with Gasteiger partial charge >= 0.3 is 0 Å². The molecule has 0 aliphatic heterocycles. The lowest BCUT2D eigenvalue weighted by Crippen LogP contribution is -1.96. The van der Waals surface area contributed by atoms with Crippen LogP contribution >= 0.6 is 15.9 Å². The number of hydrogen-bond donors (Lipinski definition) is 1. The van der Waals surface area contributed by atoms with Gasteiger partial charge in [0.1, 0.15) is 5.82 Å². The van der Waals surface area contributed by atoms with Crippen molar-refractivity contribution in [3.63, 3.8) is 0 Å². The number of halogens is 2. The zero-order valence-electron chi connectivity index (χ0n) is 6.51. The third-order valence-electron chi connectivity index (χ3n) is 1.30. The summed E-state index contributed by atoms with van der Waals surface area (Å²) in [4.78, 5) is 0. The van der Waals surface area contributed by atoms with Gasteiger partial charge in [0.05, 0.1) is 6.21 Å². The van der Waals surface area contributed by atoms with Crippen LogP contribution in [0.1, 0.15) is 5.56 Å². The lowest BCUT2D eigenvalue weighted by Gasteiger charge is -1.96. The molecule has 0 aliphatic carbocycles. The lowest BCUT2D eigenvalue weighted by atomic mass is 10.2.